The van der Waals surface area contributed by atoms with Gasteiger partial charge < -0.3 is 9.47 Å². The molecule has 0 N–H and O–H groups in total. The third-order valence-electron chi connectivity index (χ3n) is 5.41. The molecule has 0 aliphatic rings. The van der Waals surface area contributed by atoms with E-state index in [1.807, 2.05) is 0 Å². The average Bonchev–Trinajstić information content (AvgIpc) is 2.76. The van der Waals surface area contributed by atoms with E-state index in [0.29, 0.717) is 5.88 Å². The average molecular weight is 443 g/mol. The summed E-state index contributed by atoms with van der Waals surface area (Å²) in [5, 5.41) is 0. The third kappa shape index (κ3) is 24.0. The highest BCUT2D eigenvalue weighted by Gasteiger charge is 2.09. The first-order chi connectivity index (χ1) is 14.8. The molecular formula is C27H51ClO2. The Morgan fingerprint density at radius 3 is 1.57 bits per heavy atom. The molecule has 0 heterocycles. The fourth-order valence-electron chi connectivity index (χ4n) is 3.44. The maximum absolute atomic E-state index is 6.10. The smallest absolute Gasteiger partial charge is 0.157 e. The predicted octanol–water partition coefficient (Wildman–Crippen LogP) is 9.04. The van der Waals surface area contributed by atoms with Gasteiger partial charge in [-0.2, -0.15) is 0 Å². The van der Waals surface area contributed by atoms with Crippen molar-refractivity contribution in [3.8, 4) is 11.8 Å². The Morgan fingerprint density at radius 2 is 1.03 bits per heavy atom. The van der Waals surface area contributed by atoms with Gasteiger partial charge in [0.25, 0.3) is 0 Å². The molecule has 3 heteroatoms. The lowest BCUT2D eigenvalue weighted by Crippen LogP contribution is -2.19. The second kappa shape index (κ2) is 26.8. The number of ether oxygens (including phenoxy) is 2. The zero-order valence-electron chi connectivity index (χ0n) is 20.3. The van der Waals surface area contributed by atoms with Gasteiger partial charge in [0.1, 0.15) is 0 Å². The van der Waals surface area contributed by atoms with Crippen LogP contribution in [0.1, 0.15) is 136 Å². The van der Waals surface area contributed by atoms with Crippen LogP contribution in [-0.4, -0.2) is 25.4 Å². The molecule has 0 bridgehead atoms. The Hall–Kier alpha value is -0.230. The fraction of sp³-hybridized carbons (Fsp3) is 0.926. The van der Waals surface area contributed by atoms with E-state index in [1.54, 1.807) is 0 Å². The summed E-state index contributed by atoms with van der Waals surface area (Å²) in [6.45, 7) is 6.23. The van der Waals surface area contributed by atoms with Crippen molar-refractivity contribution < 1.29 is 9.47 Å². The highest BCUT2D eigenvalue weighted by molar-refractivity contribution is 6.17. The van der Waals surface area contributed by atoms with Crippen molar-refractivity contribution in [1.82, 2.24) is 0 Å². The second-order valence-electron chi connectivity index (χ2n) is 8.45. The van der Waals surface area contributed by atoms with Crippen molar-refractivity contribution in [2.75, 3.05) is 19.1 Å². The molecule has 0 aromatic rings. The summed E-state index contributed by atoms with van der Waals surface area (Å²) in [4.78, 5) is 0. The number of rotatable bonds is 23. The molecule has 0 spiro atoms. The van der Waals surface area contributed by atoms with Gasteiger partial charge in [0, 0.05) is 31.9 Å². The number of halogens is 1. The summed E-state index contributed by atoms with van der Waals surface area (Å²) in [6.07, 6.45) is 23.2. The second-order valence-corrected chi connectivity index (χ2v) is 8.83. The molecule has 0 rings (SSSR count). The molecule has 0 unspecified atom stereocenters. The van der Waals surface area contributed by atoms with Gasteiger partial charge in [0.05, 0.1) is 0 Å². The van der Waals surface area contributed by atoms with E-state index in [9.17, 15) is 0 Å². The van der Waals surface area contributed by atoms with Crippen molar-refractivity contribution in [3.63, 3.8) is 0 Å². The van der Waals surface area contributed by atoms with Gasteiger partial charge in [0.15, 0.2) is 6.29 Å². The standard InChI is InChI=1S/C27H51ClO2/c1-3-5-7-9-17-21-25-29-27(30-26-22-18-10-8-6-4-2)23-19-15-13-11-12-14-16-20-24-28/h27H,3-11,13,15-26H2,1-2H3. The first-order valence-electron chi connectivity index (χ1n) is 13.1. The van der Waals surface area contributed by atoms with Crippen molar-refractivity contribution in [3.05, 3.63) is 0 Å². The molecule has 0 amide bonds. The maximum atomic E-state index is 6.10. The molecule has 0 radical (unpaired) electrons. The van der Waals surface area contributed by atoms with Gasteiger partial charge in [-0.15, -0.1) is 23.4 Å². The van der Waals surface area contributed by atoms with Crippen LogP contribution in [0.4, 0.5) is 0 Å². The lowest BCUT2D eigenvalue weighted by molar-refractivity contribution is -0.148. The van der Waals surface area contributed by atoms with Gasteiger partial charge in [-0.25, -0.2) is 0 Å². The van der Waals surface area contributed by atoms with E-state index in [-0.39, 0.29) is 6.29 Å². The Kier molecular flexibility index (Phi) is 26.6. The van der Waals surface area contributed by atoms with Gasteiger partial charge in [-0.1, -0.05) is 84.5 Å². The summed E-state index contributed by atoms with van der Waals surface area (Å²) < 4.78 is 12.2. The Morgan fingerprint density at radius 1 is 0.567 bits per heavy atom. The Balaban J connectivity index is 3.88. The minimum Gasteiger partial charge on any atom is -0.353 e. The van der Waals surface area contributed by atoms with Crippen LogP contribution in [0.2, 0.25) is 0 Å². The minimum atomic E-state index is -0.00825. The van der Waals surface area contributed by atoms with Crippen LogP contribution in [0.15, 0.2) is 0 Å². The van der Waals surface area contributed by atoms with Crippen LogP contribution in [-0.2, 0) is 9.47 Å². The number of unbranched alkanes of at least 4 members (excludes halogenated alkanes) is 14. The highest BCUT2D eigenvalue weighted by atomic mass is 35.5. The number of hydrogen-bond acceptors (Lipinski definition) is 2. The van der Waals surface area contributed by atoms with E-state index in [4.69, 9.17) is 21.1 Å². The molecule has 0 fully saturated rings. The van der Waals surface area contributed by atoms with Crippen molar-refractivity contribution in [1.29, 1.82) is 0 Å². The van der Waals surface area contributed by atoms with Crippen LogP contribution >= 0.6 is 11.6 Å². The lowest BCUT2D eigenvalue weighted by atomic mass is 10.1. The lowest BCUT2D eigenvalue weighted by Gasteiger charge is -2.19. The summed E-state index contributed by atoms with van der Waals surface area (Å²) in [6, 6.07) is 0. The van der Waals surface area contributed by atoms with Gasteiger partial charge >= 0.3 is 0 Å². The molecule has 0 saturated carbocycles. The number of hydrogen-bond donors (Lipinski definition) is 0. The topological polar surface area (TPSA) is 18.5 Å². The van der Waals surface area contributed by atoms with Crippen LogP contribution in [0.3, 0.4) is 0 Å². The zero-order valence-corrected chi connectivity index (χ0v) is 21.1. The van der Waals surface area contributed by atoms with Crippen LogP contribution in [0.25, 0.3) is 0 Å². The highest BCUT2D eigenvalue weighted by Crippen LogP contribution is 2.13. The number of alkyl halides is 1. The molecular weight excluding hydrogens is 392 g/mol. The van der Waals surface area contributed by atoms with Gasteiger partial charge in [-0.05, 0) is 38.5 Å². The molecule has 0 aliphatic heterocycles. The SMILES string of the molecule is CCCCCCCCOC(CCCCCC#CCCCCl)OCCCCCCCC. The third-order valence-corrected chi connectivity index (χ3v) is 5.67. The molecule has 0 aromatic heterocycles. The molecule has 30 heavy (non-hydrogen) atoms. The molecule has 0 aromatic carbocycles. The quantitative estimate of drug-likeness (QED) is 0.0679. The molecule has 2 nitrogen and oxygen atoms in total. The molecule has 0 atom stereocenters. The van der Waals surface area contributed by atoms with Crippen LogP contribution < -0.4 is 0 Å². The van der Waals surface area contributed by atoms with E-state index in [2.05, 4.69) is 25.7 Å². The first-order valence-corrected chi connectivity index (χ1v) is 13.6. The van der Waals surface area contributed by atoms with E-state index in [1.165, 1.54) is 96.3 Å². The monoisotopic (exact) mass is 442 g/mol. The van der Waals surface area contributed by atoms with Crippen LogP contribution in [0, 0.1) is 11.8 Å². The van der Waals surface area contributed by atoms with Crippen molar-refractivity contribution in [2.24, 2.45) is 0 Å². The zero-order chi connectivity index (χ0) is 22.0. The molecule has 0 saturated heterocycles. The summed E-state index contributed by atoms with van der Waals surface area (Å²) in [5.74, 6) is 7.19. The summed E-state index contributed by atoms with van der Waals surface area (Å²) in [7, 11) is 0. The van der Waals surface area contributed by atoms with Gasteiger partial charge in [0.2, 0.25) is 0 Å². The molecule has 0 aliphatic carbocycles. The molecule has 178 valence electrons. The van der Waals surface area contributed by atoms with Crippen molar-refractivity contribution in [2.45, 2.75) is 142 Å². The first kappa shape index (κ1) is 29.8. The van der Waals surface area contributed by atoms with Crippen LogP contribution in [0.5, 0.6) is 0 Å². The summed E-state index contributed by atoms with van der Waals surface area (Å²) >= 11 is 5.67. The van der Waals surface area contributed by atoms with E-state index < -0.39 is 0 Å². The van der Waals surface area contributed by atoms with E-state index >= 15 is 0 Å². The van der Waals surface area contributed by atoms with Crippen molar-refractivity contribution >= 4 is 11.6 Å². The Bertz CT molecular complexity index is 357. The Labute approximate surface area is 194 Å². The maximum Gasteiger partial charge on any atom is 0.157 e. The fourth-order valence-corrected chi connectivity index (χ4v) is 3.58. The minimum absolute atomic E-state index is 0.00825. The summed E-state index contributed by atoms with van der Waals surface area (Å²) in [5.41, 5.74) is 0. The van der Waals surface area contributed by atoms with Gasteiger partial charge in [-0.3, -0.25) is 0 Å². The normalized spacial score (nSPS) is 11.1. The largest absolute Gasteiger partial charge is 0.353 e. The van der Waals surface area contributed by atoms with E-state index in [0.717, 1.165) is 38.9 Å². The predicted molar refractivity (Wildman–Crippen MR) is 133 cm³/mol.